The van der Waals surface area contributed by atoms with Crippen molar-refractivity contribution in [1.29, 1.82) is 0 Å². The van der Waals surface area contributed by atoms with Crippen LogP contribution in [0.2, 0.25) is 5.02 Å². The topological polar surface area (TPSA) is 126 Å². The highest BCUT2D eigenvalue weighted by Gasteiger charge is 2.32. The molecule has 3 aromatic carbocycles. The Morgan fingerprint density at radius 2 is 1.71 bits per heavy atom. The number of nitrogens with one attached hydrogen (secondary N) is 1. The maximum atomic E-state index is 13.2. The number of non-ortho nitro benzene ring substituents is 1. The van der Waals surface area contributed by atoms with Crippen LogP contribution in [0.15, 0.2) is 47.3 Å². The van der Waals surface area contributed by atoms with E-state index in [0.29, 0.717) is 51.6 Å². The number of hydrogen-bond acceptors (Lipinski definition) is 8. The molecular formula is C27H25ClN2O8. The Hall–Kier alpha value is -4.31. The number of ether oxygens (including phenoxy) is 4. The molecule has 0 aromatic heterocycles. The molecular weight excluding hydrogens is 516 g/mol. The van der Waals surface area contributed by atoms with Crippen molar-refractivity contribution in [2.45, 2.75) is 18.9 Å². The molecule has 11 heteroatoms. The monoisotopic (exact) mass is 540 g/mol. The predicted molar refractivity (Wildman–Crippen MR) is 141 cm³/mol. The van der Waals surface area contributed by atoms with Gasteiger partial charge in [0.05, 0.1) is 44.4 Å². The number of carbonyl (C=O) groups excluding carboxylic acids is 1. The van der Waals surface area contributed by atoms with Gasteiger partial charge in [0.25, 0.3) is 11.6 Å². The molecule has 1 atom stereocenters. The van der Waals surface area contributed by atoms with Crippen molar-refractivity contribution in [2.75, 3.05) is 28.4 Å². The normalized spacial score (nSPS) is 13.9. The second-order valence-electron chi connectivity index (χ2n) is 8.42. The van der Waals surface area contributed by atoms with Crippen molar-refractivity contribution in [3.8, 4) is 34.1 Å². The Labute approximate surface area is 223 Å². The molecule has 0 fully saturated rings. The molecule has 0 saturated heterocycles. The Balaban J connectivity index is 1.95. The van der Waals surface area contributed by atoms with Crippen LogP contribution in [-0.4, -0.2) is 39.3 Å². The Morgan fingerprint density at radius 1 is 1.00 bits per heavy atom. The summed E-state index contributed by atoms with van der Waals surface area (Å²) in [5, 5.41) is 14.5. The molecule has 0 spiro atoms. The van der Waals surface area contributed by atoms with Gasteiger partial charge in [-0.25, -0.2) is 0 Å². The highest BCUT2D eigenvalue weighted by Crippen LogP contribution is 2.54. The molecule has 0 bridgehead atoms. The van der Waals surface area contributed by atoms with Gasteiger partial charge in [-0.15, -0.1) is 0 Å². The number of nitro benzene ring substituents is 1. The lowest BCUT2D eigenvalue weighted by Crippen LogP contribution is -2.29. The summed E-state index contributed by atoms with van der Waals surface area (Å²) in [5.41, 5.74) is 1.86. The largest absolute Gasteiger partial charge is 0.493 e. The van der Waals surface area contributed by atoms with E-state index in [4.69, 9.17) is 30.5 Å². The molecule has 1 aliphatic carbocycles. The second-order valence-corrected chi connectivity index (χ2v) is 8.80. The van der Waals surface area contributed by atoms with E-state index in [-0.39, 0.29) is 22.7 Å². The quantitative estimate of drug-likeness (QED) is 0.337. The maximum Gasteiger partial charge on any atom is 0.270 e. The summed E-state index contributed by atoms with van der Waals surface area (Å²) in [7, 11) is 5.81. The summed E-state index contributed by atoms with van der Waals surface area (Å²) < 4.78 is 22.1. The van der Waals surface area contributed by atoms with Gasteiger partial charge in [0.15, 0.2) is 17.2 Å². The third-order valence-corrected chi connectivity index (χ3v) is 6.83. The molecule has 38 heavy (non-hydrogen) atoms. The summed E-state index contributed by atoms with van der Waals surface area (Å²) >= 11 is 6.80. The molecule has 1 aliphatic rings. The lowest BCUT2D eigenvalue weighted by molar-refractivity contribution is -0.384. The lowest BCUT2D eigenvalue weighted by atomic mass is 9.95. The molecule has 0 saturated carbocycles. The van der Waals surface area contributed by atoms with Crippen molar-refractivity contribution < 1.29 is 28.7 Å². The predicted octanol–water partition coefficient (Wildman–Crippen LogP) is 4.73. The van der Waals surface area contributed by atoms with Crippen molar-refractivity contribution >= 4 is 23.2 Å². The highest BCUT2D eigenvalue weighted by atomic mass is 35.5. The number of hydrogen-bond donors (Lipinski definition) is 1. The third kappa shape index (κ3) is 4.70. The molecule has 0 aliphatic heterocycles. The molecule has 10 nitrogen and oxygen atoms in total. The molecule has 0 heterocycles. The molecule has 3 aromatic rings. The molecule has 0 unspecified atom stereocenters. The first-order chi connectivity index (χ1) is 18.2. The number of nitro groups is 1. The van der Waals surface area contributed by atoms with E-state index in [0.717, 1.165) is 0 Å². The highest BCUT2D eigenvalue weighted by molar-refractivity contribution is 6.34. The molecule has 198 valence electrons. The van der Waals surface area contributed by atoms with E-state index in [1.54, 1.807) is 12.1 Å². The first-order valence-corrected chi connectivity index (χ1v) is 11.9. The van der Waals surface area contributed by atoms with Gasteiger partial charge < -0.3 is 24.3 Å². The Morgan fingerprint density at radius 3 is 2.34 bits per heavy atom. The first-order valence-electron chi connectivity index (χ1n) is 11.5. The number of fused-ring (bicyclic) bond motifs is 3. The summed E-state index contributed by atoms with van der Waals surface area (Å²) in [6.07, 6.45) is 0.735. The number of halogens is 1. The van der Waals surface area contributed by atoms with Crippen LogP contribution in [0.5, 0.6) is 23.0 Å². The van der Waals surface area contributed by atoms with Crippen molar-refractivity contribution in [1.82, 2.24) is 5.32 Å². The van der Waals surface area contributed by atoms with Gasteiger partial charge in [-0.2, -0.15) is 0 Å². The summed E-state index contributed by atoms with van der Waals surface area (Å²) in [6.45, 7) is 0. The number of nitrogens with zero attached hydrogens (tertiary/aromatic N) is 1. The number of rotatable bonds is 7. The van der Waals surface area contributed by atoms with E-state index in [2.05, 4.69) is 5.32 Å². The standard InChI is InChI=1S/C27H25ClN2O8/c1-35-21-11-9-16-18(13-20(21)31)19(29-27(32)14-6-5-7-15(12-14)30(33)34)10-8-17-22(16)24(36-2)26(38-4)25(37-3)23(17)28/h5-7,9,11-13,19H,8,10H2,1-4H3,(H,29,32)/t19-/m0/s1. The fraction of sp³-hybridized carbons (Fsp3) is 0.259. The average Bonchev–Trinajstić information content (AvgIpc) is 3.17. The smallest absolute Gasteiger partial charge is 0.270 e. The van der Waals surface area contributed by atoms with Crippen molar-refractivity contribution in [2.24, 2.45) is 0 Å². The van der Waals surface area contributed by atoms with Crippen LogP contribution < -0.4 is 29.7 Å². The van der Waals surface area contributed by atoms with Gasteiger partial charge in [0.2, 0.25) is 11.2 Å². The summed E-state index contributed by atoms with van der Waals surface area (Å²) in [5.74, 6) is 0.509. The van der Waals surface area contributed by atoms with Crippen molar-refractivity contribution in [3.63, 3.8) is 0 Å². The second kappa shape index (κ2) is 11.0. The van der Waals surface area contributed by atoms with E-state index in [9.17, 15) is 19.7 Å². The first kappa shape index (κ1) is 26.7. The SMILES string of the molecule is COc1c(Cl)c2c(c(OC)c1OC)-c1ccc(OC)c(=O)cc1[C@@H](NC(=O)c1cccc([N+](=O)[O-])c1)CC2. The summed E-state index contributed by atoms with van der Waals surface area (Å²) in [6, 6.07) is 9.42. The van der Waals surface area contributed by atoms with E-state index in [1.165, 1.54) is 58.8 Å². The van der Waals surface area contributed by atoms with Crippen LogP contribution in [0.25, 0.3) is 11.1 Å². The number of amides is 1. The van der Waals surface area contributed by atoms with Crippen LogP contribution in [0, 0.1) is 10.1 Å². The minimum atomic E-state index is -0.660. The van der Waals surface area contributed by atoms with E-state index < -0.39 is 22.3 Å². The molecule has 0 radical (unpaired) electrons. The number of benzene rings is 2. The van der Waals surface area contributed by atoms with Crippen LogP contribution in [-0.2, 0) is 6.42 Å². The van der Waals surface area contributed by atoms with E-state index in [1.807, 2.05) is 0 Å². The summed E-state index contributed by atoms with van der Waals surface area (Å²) in [4.78, 5) is 36.9. The average molecular weight is 541 g/mol. The van der Waals surface area contributed by atoms with E-state index >= 15 is 0 Å². The minimum Gasteiger partial charge on any atom is -0.493 e. The molecule has 4 rings (SSSR count). The minimum absolute atomic E-state index is 0.105. The van der Waals surface area contributed by atoms with Gasteiger partial charge in [0, 0.05) is 23.3 Å². The van der Waals surface area contributed by atoms with Gasteiger partial charge in [-0.05, 0) is 47.7 Å². The number of carbonyl (C=O) groups is 1. The van der Waals surface area contributed by atoms with Crippen LogP contribution in [0.1, 0.15) is 33.9 Å². The fourth-order valence-electron chi connectivity index (χ4n) is 4.69. The zero-order valence-electron chi connectivity index (χ0n) is 21.1. The Kier molecular flexibility index (Phi) is 7.72. The van der Waals surface area contributed by atoms with Gasteiger partial charge in [-0.1, -0.05) is 23.7 Å². The third-order valence-electron chi connectivity index (χ3n) is 6.43. The lowest BCUT2D eigenvalue weighted by Gasteiger charge is -2.21. The van der Waals surface area contributed by atoms with Gasteiger partial charge in [0.1, 0.15) is 0 Å². The molecule has 1 amide bonds. The number of methoxy groups -OCH3 is 4. The van der Waals surface area contributed by atoms with Gasteiger partial charge in [-0.3, -0.25) is 19.7 Å². The van der Waals surface area contributed by atoms with Crippen LogP contribution in [0.3, 0.4) is 0 Å². The van der Waals surface area contributed by atoms with Crippen LogP contribution >= 0.6 is 11.6 Å². The van der Waals surface area contributed by atoms with Crippen LogP contribution in [0.4, 0.5) is 5.69 Å². The Bertz CT molecular complexity index is 1490. The molecule has 1 N–H and O–H groups in total. The zero-order chi connectivity index (χ0) is 27.6. The van der Waals surface area contributed by atoms with Gasteiger partial charge >= 0.3 is 0 Å². The zero-order valence-corrected chi connectivity index (χ0v) is 21.9. The maximum absolute atomic E-state index is 13.2. The van der Waals surface area contributed by atoms with Crippen molar-refractivity contribution in [3.05, 3.63) is 84.5 Å². The fourth-order valence-corrected chi connectivity index (χ4v) is 5.04.